The van der Waals surface area contributed by atoms with Crippen LogP contribution in [0.4, 0.5) is 5.69 Å². The van der Waals surface area contributed by atoms with E-state index in [9.17, 15) is 14.4 Å². The summed E-state index contributed by atoms with van der Waals surface area (Å²) < 4.78 is 15.6. The van der Waals surface area contributed by atoms with Crippen LogP contribution >= 0.6 is 0 Å². The quantitative estimate of drug-likeness (QED) is 0.408. The number of amides is 1. The van der Waals surface area contributed by atoms with Crippen molar-refractivity contribution in [2.45, 2.75) is 13.8 Å². The molecule has 1 amide bonds. The lowest BCUT2D eigenvalue weighted by Gasteiger charge is -2.13. The predicted molar refractivity (Wildman–Crippen MR) is 124 cm³/mol. The fraction of sp³-hybridized carbons (Fsp3) is 0.192. The van der Waals surface area contributed by atoms with E-state index >= 15 is 0 Å². The van der Waals surface area contributed by atoms with Gasteiger partial charge in [-0.2, -0.15) is 0 Å². The van der Waals surface area contributed by atoms with E-state index in [4.69, 9.17) is 14.2 Å². The first-order chi connectivity index (χ1) is 15.8. The molecule has 0 unspecified atom stereocenters. The molecule has 0 saturated carbocycles. The summed E-state index contributed by atoms with van der Waals surface area (Å²) in [7, 11) is 2.98. The van der Waals surface area contributed by atoms with Crippen molar-refractivity contribution in [1.29, 1.82) is 0 Å². The first kappa shape index (κ1) is 23.5. The minimum absolute atomic E-state index is 0.0927. The second-order valence-corrected chi connectivity index (χ2v) is 7.38. The molecule has 3 aromatic carbocycles. The second-order valence-electron chi connectivity index (χ2n) is 7.38. The molecule has 0 atom stereocenters. The van der Waals surface area contributed by atoms with E-state index in [0.29, 0.717) is 22.7 Å². The third-order valence-electron chi connectivity index (χ3n) is 5.04. The molecule has 0 spiro atoms. The summed E-state index contributed by atoms with van der Waals surface area (Å²) in [6.07, 6.45) is 0. The van der Waals surface area contributed by atoms with Crippen LogP contribution in [0, 0.1) is 13.8 Å². The second kappa shape index (κ2) is 10.5. The van der Waals surface area contributed by atoms with Gasteiger partial charge in [-0.05, 0) is 43.7 Å². The molecule has 170 valence electrons. The van der Waals surface area contributed by atoms with Gasteiger partial charge in [0.25, 0.3) is 5.91 Å². The van der Waals surface area contributed by atoms with Crippen molar-refractivity contribution in [2.75, 3.05) is 26.1 Å². The zero-order valence-electron chi connectivity index (χ0n) is 18.9. The number of aryl methyl sites for hydroxylation is 2. The summed E-state index contributed by atoms with van der Waals surface area (Å²) in [5, 5.41) is 2.63. The number of hydrogen-bond donors (Lipinski definition) is 1. The Hall–Kier alpha value is -4.13. The molecule has 0 heterocycles. The molecule has 0 fully saturated rings. The van der Waals surface area contributed by atoms with Crippen LogP contribution in [-0.2, 0) is 9.53 Å². The van der Waals surface area contributed by atoms with Crippen LogP contribution in [0.25, 0.3) is 0 Å². The smallest absolute Gasteiger partial charge is 0.339 e. The summed E-state index contributed by atoms with van der Waals surface area (Å²) in [6.45, 7) is 3.20. The van der Waals surface area contributed by atoms with Crippen LogP contribution in [0.2, 0.25) is 0 Å². The number of rotatable bonds is 8. The van der Waals surface area contributed by atoms with Gasteiger partial charge in [-0.3, -0.25) is 9.59 Å². The molecule has 0 aromatic heterocycles. The maximum absolute atomic E-state index is 13.1. The Bertz CT molecular complexity index is 1200. The van der Waals surface area contributed by atoms with E-state index in [1.807, 2.05) is 26.0 Å². The van der Waals surface area contributed by atoms with Crippen LogP contribution in [-0.4, -0.2) is 38.5 Å². The van der Waals surface area contributed by atoms with Gasteiger partial charge in [-0.1, -0.05) is 35.9 Å². The van der Waals surface area contributed by atoms with E-state index in [2.05, 4.69) is 5.32 Å². The number of ether oxygens (including phenoxy) is 3. The number of carbonyl (C=O) groups is 3. The number of carbonyl (C=O) groups excluding carboxylic acids is 3. The molecule has 3 rings (SSSR count). The fourth-order valence-electron chi connectivity index (χ4n) is 3.29. The average molecular weight is 447 g/mol. The summed E-state index contributed by atoms with van der Waals surface area (Å²) in [6, 6.07) is 16.9. The fourth-order valence-corrected chi connectivity index (χ4v) is 3.29. The molecule has 0 aliphatic heterocycles. The van der Waals surface area contributed by atoms with Gasteiger partial charge in [0, 0.05) is 17.2 Å². The molecule has 33 heavy (non-hydrogen) atoms. The monoisotopic (exact) mass is 447 g/mol. The number of hydrogen-bond acceptors (Lipinski definition) is 6. The molecular formula is C26H25NO6. The van der Waals surface area contributed by atoms with Gasteiger partial charge >= 0.3 is 5.97 Å². The lowest BCUT2D eigenvalue weighted by molar-refractivity contribution is -0.119. The zero-order chi connectivity index (χ0) is 24.0. The van der Waals surface area contributed by atoms with Crippen molar-refractivity contribution < 1.29 is 28.6 Å². The van der Waals surface area contributed by atoms with Gasteiger partial charge in [0.2, 0.25) is 0 Å². The third-order valence-corrected chi connectivity index (χ3v) is 5.04. The number of methoxy groups -OCH3 is 2. The summed E-state index contributed by atoms with van der Waals surface area (Å²) in [5.41, 5.74) is 2.94. The zero-order valence-corrected chi connectivity index (χ0v) is 18.9. The maximum Gasteiger partial charge on any atom is 0.339 e. The highest BCUT2D eigenvalue weighted by molar-refractivity contribution is 6.15. The van der Waals surface area contributed by atoms with Gasteiger partial charge < -0.3 is 19.5 Å². The summed E-state index contributed by atoms with van der Waals surface area (Å²) in [5.74, 6) is -0.651. The van der Waals surface area contributed by atoms with Crippen molar-refractivity contribution in [3.8, 4) is 11.5 Å². The van der Waals surface area contributed by atoms with Crippen LogP contribution in [0.15, 0.2) is 60.7 Å². The van der Waals surface area contributed by atoms with Crippen LogP contribution in [0.3, 0.4) is 0 Å². The number of benzene rings is 3. The van der Waals surface area contributed by atoms with Gasteiger partial charge in [0.15, 0.2) is 12.4 Å². The maximum atomic E-state index is 13.1. The molecule has 0 saturated heterocycles. The summed E-state index contributed by atoms with van der Waals surface area (Å²) in [4.78, 5) is 38.3. The van der Waals surface area contributed by atoms with E-state index in [1.54, 1.807) is 42.5 Å². The first-order valence-electron chi connectivity index (χ1n) is 10.2. The normalized spacial score (nSPS) is 10.3. The minimum atomic E-state index is -0.767. The van der Waals surface area contributed by atoms with Gasteiger partial charge in [0.05, 0.1) is 25.5 Å². The molecular weight excluding hydrogens is 422 g/mol. The largest absolute Gasteiger partial charge is 0.497 e. The SMILES string of the molecule is COc1ccc(OC)c(NC(=O)COC(=O)c2ccccc2C(=O)c2cc(C)ccc2C)c1. The van der Waals surface area contributed by atoms with Crippen LogP contribution < -0.4 is 14.8 Å². The standard InChI is InChI=1S/C26H25NO6/c1-16-9-10-17(2)21(13-16)25(29)19-7-5-6-8-20(19)26(30)33-15-24(28)27-22-14-18(31-3)11-12-23(22)32-4/h5-14H,15H2,1-4H3,(H,27,28). The van der Waals surface area contributed by atoms with Crippen molar-refractivity contribution in [1.82, 2.24) is 0 Å². The molecule has 0 aliphatic carbocycles. The predicted octanol–water partition coefficient (Wildman–Crippen LogP) is 4.35. The molecule has 1 N–H and O–H groups in total. The van der Waals surface area contributed by atoms with E-state index < -0.39 is 18.5 Å². The van der Waals surface area contributed by atoms with Gasteiger partial charge in [-0.15, -0.1) is 0 Å². The Morgan fingerprint density at radius 1 is 0.818 bits per heavy atom. The number of anilines is 1. The molecule has 7 nitrogen and oxygen atoms in total. The topological polar surface area (TPSA) is 90.9 Å². The molecule has 3 aromatic rings. The molecule has 0 radical (unpaired) electrons. The Balaban J connectivity index is 1.74. The number of nitrogens with one attached hydrogen (secondary N) is 1. The Kier molecular flexibility index (Phi) is 7.46. The Morgan fingerprint density at radius 2 is 1.55 bits per heavy atom. The van der Waals surface area contributed by atoms with E-state index in [1.165, 1.54) is 20.3 Å². The van der Waals surface area contributed by atoms with Crippen molar-refractivity contribution in [3.63, 3.8) is 0 Å². The van der Waals surface area contributed by atoms with Gasteiger partial charge in [-0.25, -0.2) is 4.79 Å². The van der Waals surface area contributed by atoms with E-state index in [-0.39, 0.29) is 16.9 Å². The van der Waals surface area contributed by atoms with Crippen LogP contribution in [0.1, 0.15) is 37.4 Å². The van der Waals surface area contributed by atoms with Crippen molar-refractivity contribution >= 4 is 23.3 Å². The molecule has 0 aliphatic rings. The van der Waals surface area contributed by atoms with Gasteiger partial charge in [0.1, 0.15) is 11.5 Å². The Labute approximate surface area is 192 Å². The number of esters is 1. The first-order valence-corrected chi connectivity index (χ1v) is 10.2. The Morgan fingerprint density at radius 3 is 2.24 bits per heavy atom. The lowest BCUT2D eigenvalue weighted by Crippen LogP contribution is -2.22. The average Bonchev–Trinajstić information content (AvgIpc) is 2.83. The van der Waals surface area contributed by atoms with Crippen molar-refractivity contribution in [3.05, 3.63) is 88.5 Å². The highest BCUT2D eigenvalue weighted by Crippen LogP contribution is 2.28. The highest BCUT2D eigenvalue weighted by atomic mass is 16.5. The highest BCUT2D eigenvalue weighted by Gasteiger charge is 2.21. The lowest BCUT2D eigenvalue weighted by atomic mass is 9.94. The minimum Gasteiger partial charge on any atom is -0.497 e. The van der Waals surface area contributed by atoms with E-state index in [0.717, 1.165) is 11.1 Å². The summed E-state index contributed by atoms with van der Waals surface area (Å²) >= 11 is 0. The van der Waals surface area contributed by atoms with Crippen molar-refractivity contribution in [2.24, 2.45) is 0 Å². The molecule has 0 bridgehead atoms. The third kappa shape index (κ3) is 5.57. The van der Waals surface area contributed by atoms with Crippen LogP contribution in [0.5, 0.6) is 11.5 Å². The molecule has 7 heteroatoms. The number of ketones is 1.